The van der Waals surface area contributed by atoms with Gasteiger partial charge in [0.05, 0.1) is 114 Å². The minimum atomic E-state index is -3.13. The Morgan fingerprint density at radius 1 is 0.267 bits per heavy atom. The summed E-state index contributed by atoms with van der Waals surface area (Å²) in [6.45, 7) is -2.06. The molecule has 0 amide bonds. The fraction of sp³-hybridized carbons (Fsp3) is 0.100. The summed E-state index contributed by atoms with van der Waals surface area (Å²) < 4.78 is 17.8. The second-order valence-corrected chi connectivity index (χ2v) is 13.5. The van der Waals surface area contributed by atoms with Crippen LogP contribution in [0.2, 0.25) is 0 Å². The molecule has 0 radical (unpaired) electrons. The average Bonchev–Trinajstić information content (AvgIpc) is 3.29. The second kappa shape index (κ2) is 22.1. The summed E-state index contributed by atoms with van der Waals surface area (Å²) in [4.78, 5) is 234. The van der Waals surface area contributed by atoms with Crippen molar-refractivity contribution in [2.75, 3.05) is 20.3 Å². The number of carboxylic acid groups (broad SMARTS) is 12. The Hall–Kier alpha value is -11.5. The molecule has 0 saturated carbocycles. The van der Waals surface area contributed by atoms with Gasteiger partial charge in [0.2, 0.25) is 0 Å². The van der Waals surface area contributed by atoms with Gasteiger partial charge in [-0.3, -0.25) is 0 Å². The lowest BCUT2D eigenvalue weighted by atomic mass is 9.85. The van der Waals surface area contributed by atoms with Crippen molar-refractivity contribution >= 4 is 107 Å². The van der Waals surface area contributed by atoms with Crippen molar-refractivity contribution in [2.24, 2.45) is 0 Å². The molecule has 35 nitrogen and oxygen atoms in total. The van der Waals surface area contributed by atoms with Gasteiger partial charge in [0.1, 0.15) is 0 Å². The normalized spacial score (nSPS) is 10.4. The first-order chi connectivity index (χ1) is 34.7. The molecule has 0 aliphatic heterocycles. The van der Waals surface area contributed by atoms with Crippen molar-refractivity contribution in [1.29, 1.82) is 0 Å². The molecule has 13 N–H and O–H groups in total. The second-order valence-electron chi connectivity index (χ2n) is 13.5. The van der Waals surface area contributed by atoms with Crippen molar-refractivity contribution in [2.45, 2.75) is 6.42 Å². The van der Waals surface area contributed by atoms with Gasteiger partial charge in [-0.2, -0.15) is 0 Å². The number of ether oxygens (including phenoxy) is 4. The predicted molar refractivity (Wildman–Crippen MR) is 216 cm³/mol. The quantitative estimate of drug-likeness (QED) is 0.0274. The van der Waals surface area contributed by atoms with Gasteiger partial charge in [0.25, 0.3) is 0 Å². The Labute approximate surface area is 405 Å². The first-order valence-electron chi connectivity index (χ1n) is 18.6. The Balaban J connectivity index is 2.85. The van der Waals surface area contributed by atoms with Gasteiger partial charge in [0, 0.05) is 13.0 Å². The molecule has 75 heavy (non-hydrogen) atoms. The Morgan fingerprint density at radius 2 is 0.427 bits per heavy atom. The van der Waals surface area contributed by atoms with Crippen LogP contribution < -0.4 is 0 Å². The lowest BCUT2D eigenvalue weighted by Crippen LogP contribution is -2.33. The van der Waals surface area contributed by atoms with E-state index in [4.69, 9.17) is 4.74 Å². The fourth-order valence-corrected chi connectivity index (χ4v) is 6.82. The third-order valence-corrected chi connectivity index (χ3v) is 9.38. The zero-order chi connectivity index (χ0) is 57.7. The van der Waals surface area contributed by atoms with E-state index < -0.39 is 227 Å². The number of aliphatic hydroxyl groups excluding tert-OH is 1. The van der Waals surface area contributed by atoms with Crippen LogP contribution >= 0.6 is 0 Å². The van der Waals surface area contributed by atoms with E-state index in [0.29, 0.717) is 7.11 Å². The van der Waals surface area contributed by atoms with Crippen molar-refractivity contribution < 1.29 is 172 Å². The van der Waals surface area contributed by atoms with E-state index in [1.54, 1.807) is 0 Å². The molecule has 35 heteroatoms. The molecule has 392 valence electrons. The van der Waals surface area contributed by atoms with E-state index in [1.165, 1.54) is 0 Å². The van der Waals surface area contributed by atoms with E-state index in [-0.39, 0.29) is 0 Å². The number of aromatic carboxylic acids is 12. The van der Waals surface area contributed by atoms with Crippen LogP contribution in [0, 0.1) is 0 Å². The Morgan fingerprint density at radius 3 is 0.613 bits per heavy atom. The smallest absolute Gasteiger partial charge is 0.347 e. The number of hydrogen-bond donors (Lipinski definition) is 13. The maximum atomic E-state index is 14.4. The summed E-state index contributed by atoms with van der Waals surface area (Å²) in [5.74, 6) is -50.9. The molecule has 0 saturated heterocycles. The average molecular weight is 1060 g/mol. The molecule has 0 bridgehead atoms. The minimum Gasteiger partial charge on any atom is -0.478 e. The van der Waals surface area contributed by atoms with E-state index in [1.807, 2.05) is 0 Å². The molecule has 0 aliphatic rings. The van der Waals surface area contributed by atoms with Gasteiger partial charge in [0.15, 0.2) is 0 Å². The zero-order valence-corrected chi connectivity index (χ0v) is 35.9. The number of hydrogen-bond acceptors (Lipinski definition) is 23. The van der Waals surface area contributed by atoms with Crippen LogP contribution in [0.4, 0.5) is 0 Å². The van der Waals surface area contributed by atoms with Crippen LogP contribution in [-0.4, -0.2) is 194 Å². The third-order valence-electron chi connectivity index (χ3n) is 9.38. The molecule has 0 atom stereocenters. The first kappa shape index (κ1) is 57.8. The summed E-state index contributed by atoms with van der Waals surface area (Å²) in [7, 11) is 0.325. The third kappa shape index (κ3) is 10.5. The van der Waals surface area contributed by atoms with E-state index >= 15 is 0 Å². The molecule has 3 rings (SSSR count). The minimum absolute atomic E-state index is 0.325. The summed E-state index contributed by atoms with van der Waals surface area (Å²) in [5.41, 5.74) is -42.1. The summed E-state index contributed by atoms with van der Waals surface area (Å²) in [5, 5.41) is 129. The summed E-state index contributed by atoms with van der Waals surface area (Å²) in [6.07, 6.45) is -0.671. The topological polar surface area (TPSA) is 607 Å². The molecular weight excluding hydrogens is 1040 g/mol. The number of carbonyl (C=O) groups excluding carboxylic acids is 6. The fourth-order valence-electron chi connectivity index (χ4n) is 6.82. The highest BCUT2D eigenvalue weighted by atomic mass is 16.6. The number of carbonyl (C=O) groups is 18. The molecule has 0 aromatic heterocycles. The van der Waals surface area contributed by atoms with Gasteiger partial charge in [-0.25, -0.2) is 86.3 Å². The lowest BCUT2D eigenvalue weighted by Gasteiger charge is -2.21. The van der Waals surface area contributed by atoms with Crippen LogP contribution in [0.1, 0.15) is 193 Å². The molecule has 0 spiro atoms. The molecule has 3 aromatic carbocycles. The highest BCUT2D eigenvalue weighted by Crippen LogP contribution is 2.36. The van der Waals surface area contributed by atoms with Gasteiger partial charge in [-0.15, -0.1) is 0 Å². The molecular formula is C40H22O35. The van der Waals surface area contributed by atoms with Crippen LogP contribution in [-0.2, 0) is 18.9 Å². The highest BCUT2D eigenvalue weighted by molar-refractivity contribution is 6.29. The van der Waals surface area contributed by atoms with E-state index in [0.717, 1.165) is 0 Å². The van der Waals surface area contributed by atoms with Crippen LogP contribution in [0.3, 0.4) is 0 Å². The van der Waals surface area contributed by atoms with Crippen LogP contribution in [0.5, 0.6) is 0 Å². The number of benzene rings is 3. The molecule has 0 fully saturated rings. The predicted octanol–water partition coefficient (Wildman–Crippen LogP) is -0.615. The number of methoxy groups -OCH3 is 1. The van der Waals surface area contributed by atoms with E-state index in [9.17, 15) is 153 Å². The highest BCUT2D eigenvalue weighted by Gasteiger charge is 2.47. The number of aliphatic hydroxyl groups is 1. The lowest BCUT2D eigenvalue weighted by molar-refractivity contribution is 0.0341. The van der Waals surface area contributed by atoms with Gasteiger partial charge >= 0.3 is 107 Å². The van der Waals surface area contributed by atoms with Crippen molar-refractivity contribution in [3.8, 4) is 0 Å². The van der Waals surface area contributed by atoms with E-state index in [2.05, 4.69) is 14.2 Å². The standard InChI is InChI=1S/C40H22O35/c1-72-35(66)19-15(33(62)63)16(34(64)65)20(39(70)74-37(68)17-11(29(54)55)7(25(46)47)5(23(42)43)8(26(48)49)12(17)30(56)57)22(21(19)36(67)73-4-2-3-41)40(71)75-38(69)18-13(31(58)59)9(27(50)51)6(24(44)45)10(28(52)53)14(18)32(60)61/h41H,2-4H2,1H3,(H,42,43)(H,44,45)(H,46,47)(H,48,49)(H,50,51)(H,52,53)(H,54,55)(H,56,57)(H,58,59)(H,60,61)(H,62,63)(H,64,65). The monoisotopic (exact) mass is 1060 g/mol. The zero-order valence-electron chi connectivity index (χ0n) is 35.9. The largest absolute Gasteiger partial charge is 0.478 e. The van der Waals surface area contributed by atoms with Gasteiger partial charge < -0.3 is 85.3 Å². The van der Waals surface area contributed by atoms with Crippen molar-refractivity contribution in [3.05, 3.63) is 100 Å². The molecule has 0 aliphatic carbocycles. The SMILES string of the molecule is COC(=O)c1c(C(=O)O)c(C(=O)O)c(C(=O)OC(=O)c2c(C(=O)O)c(C(=O)O)c(C(=O)O)c(C(=O)O)c2C(=O)O)c(C(=O)OC(=O)c2c(C(=O)O)c(C(=O)O)c(C(=O)O)c(C(=O)O)c2C(=O)O)c1C(=O)OCCCO. The van der Waals surface area contributed by atoms with Gasteiger partial charge in [-0.05, 0) is 0 Å². The van der Waals surface area contributed by atoms with Gasteiger partial charge in [-0.1, -0.05) is 0 Å². The molecule has 0 heterocycles. The summed E-state index contributed by atoms with van der Waals surface area (Å²) in [6, 6.07) is 0. The maximum absolute atomic E-state index is 14.4. The molecule has 0 unspecified atom stereocenters. The first-order valence-corrected chi connectivity index (χ1v) is 18.6. The maximum Gasteiger partial charge on any atom is 0.347 e. The Kier molecular flexibility index (Phi) is 17.0. The van der Waals surface area contributed by atoms with Crippen molar-refractivity contribution in [3.63, 3.8) is 0 Å². The van der Waals surface area contributed by atoms with Crippen molar-refractivity contribution in [1.82, 2.24) is 0 Å². The number of esters is 6. The van der Waals surface area contributed by atoms with Crippen LogP contribution in [0.25, 0.3) is 0 Å². The number of carboxylic acids is 12. The number of rotatable bonds is 21. The Bertz CT molecular complexity index is 3180. The molecule has 3 aromatic rings. The van der Waals surface area contributed by atoms with Crippen LogP contribution in [0.15, 0.2) is 0 Å². The summed E-state index contributed by atoms with van der Waals surface area (Å²) >= 11 is 0.